The van der Waals surface area contributed by atoms with Crippen LogP contribution in [0.4, 0.5) is 5.82 Å². The van der Waals surface area contributed by atoms with Crippen LogP contribution in [0.25, 0.3) is 0 Å². The number of carbonyl (C=O) groups is 1. The molecule has 1 aliphatic heterocycles. The monoisotopic (exact) mass is 362 g/mol. The SMILES string of the molecule is CCOC(=O)c1c(NC(=S)NCc2ccccc2)nc2n1CCS2. The lowest BCUT2D eigenvalue weighted by atomic mass is 10.2. The molecule has 6 nitrogen and oxygen atoms in total. The second-order valence-electron chi connectivity index (χ2n) is 5.11. The van der Waals surface area contributed by atoms with Gasteiger partial charge in [-0.3, -0.25) is 0 Å². The Kier molecular flexibility index (Phi) is 5.37. The number of rotatable bonds is 5. The number of aromatic nitrogens is 2. The van der Waals surface area contributed by atoms with Crippen LogP contribution in [-0.2, 0) is 17.8 Å². The second-order valence-corrected chi connectivity index (χ2v) is 6.58. The summed E-state index contributed by atoms with van der Waals surface area (Å²) in [7, 11) is 0. The molecule has 2 N–H and O–H groups in total. The first-order valence-electron chi connectivity index (χ1n) is 7.68. The van der Waals surface area contributed by atoms with Crippen molar-refractivity contribution in [1.29, 1.82) is 0 Å². The molecule has 0 radical (unpaired) electrons. The first kappa shape index (κ1) is 16.8. The van der Waals surface area contributed by atoms with Gasteiger partial charge in [-0.1, -0.05) is 42.1 Å². The third kappa shape index (κ3) is 3.70. The highest BCUT2D eigenvalue weighted by Gasteiger charge is 2.27. The van der Waals surface area contributed by atoms with Crippen LogP contribution in [0.3, 0.4) is 0 Å². The number of esters is 1. The number of ether oxygens (including phenoxy) is 1. The standard InChI is InChI=1S/C16H18N4O2S2/c1-2-22-14(21)12-13(19-16-20(12)8-9-24-16)18-15(23)17-10-11-6-4-3-5-7-11/h3-7H,2,8-10H2,1H3,(H2,17,18,23). The van der Waals surface area contributed by atoms with Crippen LogP contribution < -0.4 is 10.6 Å². The first-order chi connectivity index (χ1) is 11.7. The Morgan fingerprint density at radius 2 is 2.21 bits per heavy atom. The minimum Gasteiger partial charge on any atom is -0.461 e. The minimum atomic E-state index is -0.382. The van der Waals surface area contributed by atoms with E-state index in [1.165, 1.54) is 0 Å². The van der Waals surface area contributed by atoms with Crippen LogP contribution in [0.2, 0.25) is 0 Å². The molecule has 0 unspecified atom stereocenters. The molecule has 1 aromatic heterocycles. The number of hydrogen-bond donors (Lipinski definition) is 2. The molecule has 0 aliphatic carbocycles. The zero-order valence-corrected chi connectivity index (χ0v) is 14.9. The number of nitrogens with zero attached hydrogens (tertiary/aromatic N) is 2. The van der Waals surface area contributed by atoms with Gasteiger partial charge in [0, 0.05) is 18.8 Å². The van der Waals surface area contributed by atoms with Gasteiger partial charge in [0.05, 0.1) is 6.61 Å². The fraction of sp³-hybridized carbons (Fsp3) is 0.312. The predicted molar refractivity (Wildman–Crippen MR) is 98.4 cm³/mol. The van der Waals surface area contributed by atoms with Crippen LogP contribution >= 0.6 is 24.0 Å². The van der Waals surface area contributed by atoms with E-state index in [2.05, 4.69) is 15.6 Å². The predicted octanol–water partition coefficient (Wildman–Crippen LogP) is 2.65. The van der Waals surface area contributed by atoms with E-state index in [4.69, 9.17) is 17.0 Å². The highest BCUT2D eigenvalue weighted by molar-refractivity contribution is 7.99. The first-order valence-corrected chi connectivity index (χ1v) is 9.07. The number of thiocarbonyl (C=S) groups is 1. The van der Waals surface area contributed by atoms with Crippen molar-refractivity contribution < 1.29 is 9.53 Å². The van der Waals surface area contributed by atoms with E-state index in [0.717, 1.165) is 23.0 Å². The molecule has 0 bridgehead atoms. The summed E-state index contributed by atoms with van der Waals surface area (Å²) in [6.07, 6.45) is 0. The maximum atomic E-state index is 12.3. The molecule has 126 valence electrons. The highest BCUT2D eigenvalue weighted by atomic mass is 32.2. The lowest BCUT2D eigenvalue weighted by Crippen LogP contribution is -2.29. The van der Waals surface area contributed by atoms with Crippen molar-refractivity contribution >= 4 is 40.9 Å². The number of thioether (sulfide) groups is 1. The summed E-state index contributed by atoms with van der Waals surface area (Å²) in [6.45, 7) is 3.45. The van der Waals surface area contributed by atoms with Gasteiger partial charge >= 0.3 is 5.97 Å². The fourth-order valence-electron chi connectivity index (χ4n) is 2.40. The second kappa shape index (κ2) is 7.67. The van der Waals surface area contributed by atoms with Crippen LogP contribution in [-0.4, -0.2) is 33.0 Å². The van der Waals surface area contributed by atoms with Gasteiger partial charge in [-0.15, -0.1) is 0 Å². The molecule has 8 heteroatoms. The summed E-state index contributed by atoms with van der Waals surface area (Å²) >= 11 is 6.94. The molecule has 0 saturated heterocycles. The molecule has 3 rings (SSSR count). The topological polar surface area (TPSA) is 68.2 Å². The molecule has 0 spiro atoms. The van der Waals surface area contributed by atoms with Gasteiger partial charge in [0.25, 0.3) is 0 Å². The number of benzene rings is 1. The van der Waals surface area contributed by atoms with E-state index in [1.807, 2.05) is 34.9 Å². The highest BCUT2D eigenvalue weighted by Crippen LogP contribution is 2.31. The summed E-state index contributed by atoms with van der Waals surface area (Å²) < 4.78 is 7.03. The molecule has 0 amide bonds. The number of hydrogen-bond acceptors (Lipinski definition) is 5. The number of imidazole rings is 1. The van der Waals surface area contributed by atoms with Gasteiger partial charge in [0.15, 0.2) is 21.8 Å². The van der Waals surface area contributed by atoms with Crippen LogP contribution in [0.15, 0.2) is 35.5 Å². The van der Waals surface area contributed by atoms with Gasteiger partial charge in [-0.05, 0) is 24.7 Å². The molecule has 2 heterocycles. The van der Waals surface area contributed by atoms with Crippen LogP contribution in [0.1, 0.15) is 23.0 Å². The Balaban J connectivity index is 1.70. The molecule has 0 fully saturated rings. The van der Waals surface area contributed by atoms with E-state index < -0.39 is 0 Å². The average Bonchev–Trinajstić information content (AvgIpc) is 3.14. The number of fused-ring (bicyclic) bond motifs is 1. The Morgan fingerprint density at radius 1 is 1.42 bits per heavy atom. The van der Waals surface area contributed by atoms with Crippen molar-refractivity contribution in [1.82, 2.24) is 14.9 Å². The van der Waals surface area contributed by atoms with E-state index in [0.29, 0.717) is 29.8 Å². The van der Waals surface area contributed by atoms with Crippen molar-refractivity contribution in [3.63, 3.8) is 0 Å². The Bertz CT molecular complexity index is 746. The molecule has 1 aromatic carbocycles. The van der Waals surface area contributed by atoms with Crippen molar-refractivity contribution in [2.75, 3.05) is 17.7 Å². The Labute approximate surface area is 150 Å². The third-order valence-electron chi connectivity index (χ3n) is 3.48. The molecule has 0 atom stereocenters. The maximum absolute atomic E-state index is 12.3. The summed E-state index contributed by atoms with van der Waals surface area (Å²) in [6, 6.07) is 9.95. The zero-order chi connectivity index (χ0) is 16.9. The molecular weight excluding hydrogens is 344 g/mol. The molecule has 1 aliphatic rings. The zero-order valence-electron chi connectivity index (χ0n) is 13.2. The van der Waals surface area contributed by atoms with Gasteiger partial charge in [0.1, 0.15) is 0 Å². The van der Waals surface area contributed by atoms with Crippen molar-refractivity contribution in [2.24, 2.45) is 0 Å². The van der Waals surface area contributed by atoms with Gasteiger partial charge in [0.2, 0.25) is 0 Å². The van der Waals surface area contributed by atoms with Crippen LogP contribution in [0.5, 0.6) is 0 Å². The van der Waals surface area contributed by atoms with E-state index in [9.17, 15) is 4.79 Å². The average molecular weight is 362 g/mol. The molecule has 0 saturated carbocycles. The Morgan fingerprint density at radius 3 is 2.96 bits per heavy atom. The lowest BCUT2D eigenvalue weighted by molar-refractivity contribution is 0.0514. The summed E-state index contributed by atoms with van der Waals surface area (Å²) in [5.74, 6) is 0.972. The fourth-order valence-corrected chi connectivity index (χ4v) is 3.52. The minimum absolute atomic E-state index is 0.322. The summed E-state index contributed by atoms with van der Waals surface area (Å²) in [5, 5.41) is 7.38. The van der Waals surface area contributed by atoms with Crippen molar-refractivity contribution in [3.05, 3.63) is 41.6 Å². The van der Waals surface area contributed by atoms with Crippen molar-refractivity contribution in [2.45, 2.75) is 25.2 Å². The third-order valence-corrected chi connectivity index (χ3v) is 4.68. The number of carbonyl (C=O) groups excluding carboxylic acids is 1. The molecule has 2 aromatic rings. The lowest BCUT2D eigenvalue weighted by Gasteiger charge is -2.11. The van der Waals surface area contributed by atoms with E-state index >= 15 is 0 Å². The van der Waals surface area contributed by atoms with Crippen LogP contribution in [0, 0.1) is 0 Å². The normalized spacial score (nSPS) is 12.5. The smallest absolute Gasteiger partial charge is 0.358 e. The number of nitrogens with one attached hydrogen (secondary N) is 2. The van der Waals surface area contributed by atoms with Crippen molar-refractivity contribution in [3.8, 4) is 0 Å². The molecular formula is C16H18N4O2S2. The Hall–Kier alpha value is -2.06. The number of anilines is 1. The van der Waals surface area contributed by atoms with Gasteiger partial charge in [-0.25, -0.2) is 9.78 Å². The maximum Gasteiger partial charge on any atom is 0.358 e. The van der Waals surface area contributed by atoms with E-state index in [1.54, 1.807) is 18.7 Å². The quantitative estimate of drug-likeness (QED) is 0.626. The largest absolute Gasteiger partial charge is 0.461 e. The molecule has 24 heavy (non-hydrogen) atoms. The van der Waals surface area contributed by atoms with Gasteiger partial charge in [-0.2, -0.15) is 0 Å². The van der Waals surface area contributed by atoms with E-state index in [-0.39, 0.29) is 5.97 Å². The summed E-state index contributed by atoms with van der Waals surface area (Å²) in [5.41, 5.74) is 1.55. The summed E-state index contributed by atoms with van der Waals surface area (Å²) in [4.78, 5) is 16.7. The van der Waals surface area contributed by atoms with Gasteiger partial charge < -0.3 is 19.9 Å².